The number of amides is 1. The van der Waals surface area contributed by atoms with Gasteiger partial charge in [-0.2, -0.15) is 0 Å². The molecule has 0 rings (SSSR count). The molecule has 14 heavy (non-hydrogen) atoms. The first-order valence-electron chi connectivity index (χ1n) is 4.63. The number of carboxylic acids is 1. The maximum atomic E-state index is 10.3. The van der Waals surface area contributed by atoms with Crippen molar-refractivity contribution in [1.29, 1.82) is 0 Å². The van der Waals surface area contributed by atoms with Crippen LogP contribution in [-0.4, -0.2) is 17.0 Å². The van der Waals surface area contributed by atoms with Crippen molar-refractivity contribution < 1.29 is 67.5 Å². The summed E-state index contributed by atoms with van der Waals surface area (Å²) in [5.41, 5.74) is 4.96. The van der Waals surface area contributed by atoms with Crippen LogP contribution >= 0.6 is 0 Å². The van der Waals surface area contributed by atoms with Crippen LogP contribution in [0.2, 0.25) is 0 Å². The van der Waals surface area contributed by atoms with Gasteiger partial charge in [-0.05, 0) is 12.8 Å². The van der Waals surface area contributed by atoms with Gasteiger partial charge in [0.05, 0.1) is 0 Å². The number of carbonyl (C=O) groups is 2. The summed E-state index contributed by atoms with van der Waals surface area (Å²) in [4.78, 5) is 20.4. The van der Waals surface area contributed by atoms with E-state index in [1.54, 1.807) is 0 Å². The van der Waals surface area contributed by atoms with E-state index in [0.29, 0.717) is 6.42 Å². The third-order valence-electron chi connectivity index (χ3n) is 1.81. The molecule has 4 nitrogen and oxygen atoms in total. The Morgan fingerprint density at radius 1 is 1.00 bits per heavy atom. The van der Waals surface area contributed by atoms with Gasteiger partial charge in [-0.3, -0.25) is 9.59 Å². The maximum absolute atomic E-state index is 10.3. The van der Waals surface area contributed by atoms with E-state index < -0.39 is 5.97 Å². The van der Waals surface area contributed by atoms with Crippen LogP contribution in [0.1, 0.15) is 46.4 Å². The quantitative estimate of drug-likeness (QED) is 0.387. The van der Waals surface area contributed by atoms with Crippen LogP contribution in [0.25, 0.3) is 0 Å². The summed E-state index contributed by atoms with van der Waals surface area (Å²) in [7, 11) is 0. The van der Waals surface area contributed by atoms with Gasteiger partial charge >= 0.3 is 57.4 Å². The molecule has 0 spiro atoms. The summed E-state index contributed by atoms with van der Waals surface area (Å²) in [5.74, 6) is -0.998. The molecule has 1 amide bonds. The molecule has 0 heterocycles. The molecule has 0 aromatic carbocycles. The largest absolute Gasteiger partial charge is 1.00 e. The van der Waals surface area contributed by atoms with Crippen molar-refractivity contribution in [2.24, 2.45) is 5.73 Å². The molecule has 0 aliphatic heterocycles. The van der Waals surface area contributed by atoms with Gasteiger partial charge in [-0.25, -0.2) is 0 Å². The Balaban J connectivity index is -0.000000720. The molecule has 3 N–H and O–H groups in total. The van der Waals surface area contributed by atoms with E-state index in [0.717, 1.165) is 32.1 Å². The second-order valence-electron chi connectivity index (χ2n) is 3.13. The van der Waals surface area contributed by atoms with Crippen molar-refractivity contribution in [2.45, 2.75) is 44.9 Å². The number of hydrogen-bond donors (Lipinski definition) is 2. The zero-order chi connectivity index (χ0) is 10.1. The van der Waals surface area contributed by atoms with E-state index in [1.165, 1.54) is 0 Å². The number of carboxylic acid groups (broad SMARTS) is 1. The number of nitrogens with two attached hydrogens (primary N) is 1. The van der Waals surface area contributed by atoms with Crippen LogP contribution < -0.4 is 57.1 Å². The van der Waals surface area contributed by atoms with Crippen molar-refractivity contribution in [3.63, 3.8) is 0 Å². The van der Waals surface area contributed by atoms with Crippen molar-refractivity contribution >= 4 is 11.9 Å². The molecule has 0 saturated heterocycles. The predicted molar refractivity (Wildman–Crippen MR) is 50.3 cm³/mol. The molecule has 0 bridgehead atoms. The van der Waals surface area contributed by atoms with E-state index >= 15 is 0 Å². The molecular weight excluding hydrogens is 209 g/mol. The predicted octanol–water partition coefficient (Wildman–Crippen LogP) is -1.60. The standard InChI is InChI=1S/C9H17NO3.K.H/c10-8(11)6-4-2-1-3-5-7-9(12)13;;/h1-7H2,(H2,10,11)(H,12,13);;/q;+1;-1. The van der Waals surface area contributed by atoms with Gasteiger partial charge in [0.1, 0.15) is 0 Å². The number of primary amides is 1. The maximum Gasteiger partial charge on any atom is 1.00 e. The fourth-order valence-electron chi connectivity index (χ4n) is 1.11. The molecule has 0 aromatic heterocycles. The van der Waals surface area contributed by atoms with Crippen LogP contribution in [0.5, 0.6) is 0 Å². The van der Waals surface area contributed by atoms with Gasteiger partial charge in [-0.1, -0.05) is 19.3 Å². The third-order valence-corrected chi connectivity index (χ3v) is 1.81. The Kier molecular flexibility index (Phi) is 14.1. The monoisotopic (exact) mass is 227 g/mol. The molecule has 0 aliphatic rings. The second kappa shape index (κ2) is 11.7. The SMILES string of the molecule is NC(=O)CCCCCCCC(=O)O.[H-].[K+]. The average molecular weight is 227 g/mol. The van der Waals surface area contributed by atoms with Gasteiger partial charge in [0.25, 0.3) is 0 Å². The van der Waals surface area contributed by atoms with Gasteiger partial charge < -0.3 is 12.3 Å². The number of rotatable bonds is 8. The Hall–Kier alpha value is 0.576. The molecular formula is C9H18KNO3. The Morgan fingerprint density at radius 2 is 1.43 bits per heavy atom. The molecule has 0 radical (unpaired) electrons. The fourth-order valence-corrected chi connectivity index (χ4v) is 1.11. The summed E-state index contributed by atoms with van der Waals surface area (Å²) in [5, 5.41) is 8.33. The third kappa shape index (κ3) is 15.1. The smallest absolute Gasteiger partial charge is 1.00 e. The Labute approximate surface area is 129 Å². The van der Waals surface area contributed by atoms with Gasteiger partial charge in [0.15, 0.2) is 0 Å². The summed E-state index contributed by atoms with van der Waals surface area (Å²) in [6.07, 6.45) is 5.11. The van der Waals surface area contributed by atoms with Crippen LogP contribution in [0.15, 0.2) is 0 Å². The molecule has 5 heteroatoms. The zero-order valence-corrected chi connectivity index (χ0v) is 11.9. The van der Waals surface area contributed by atoms with Crippen LogP contribution in [0.4, 0.5) is 0 Å². The van der Waals surface area contributed by atoms with E-state index in [-0.39, 0.29) is 65.1 Å². The number of aliphatic carboxylic acids is 1. The minimum atomic E-state index is -0.739. The summed E-state index contributed by atoms with van der Waals surface area (Å²) >= 11 is 0. The van der Waals surface area contributed by atoms with E-state index in [1.807, 2.05) is 0 Å². The Bertz CT molecular complexity index is 161. The van der Waals surface area contributed by atoms with E-state index in [2.05, 4.69) is 0 Å². The van der Waals surface area contributed by atoms with E-state index in [9.17, 15) is 9.59 Å². The van der Waals surface area contributed by atoms with Gasteiger partial charge in [0, 0.05) is 12.8 Å². The van der Waals surface area contributed by atoms with Crippen molar-refractivity contribution in [3.05, 3.63) is 0 Å². The Morgan fingerprint density at radius 3 is 1.86 bits per heavy atom. The summed E-state index contributed by atoms with van der Waals surface area (Å²) in [6.45, 7) is 0. The molecule has 0 saturated carbocycles. The van der Waals surface area contributed by atoms with Crippen molar-refractivity contribution in [3.8, 4) is 0 Å². The minimum Gasteiger partial charge on any atom is -1.00 e. The normalized spacial score (nSPS) is 9.14. The van der Waals surface area contributed by atoms with Crippen molar-refractivity contribution in [1.82, 2.24) is 0 Å². The molecule has 0 unspecified atom stereocenters. The summed E-state index contributed by atoms with van der Waals surface area (Å²) < 4.78 is 0. The molecule has 0 aliphatic carbocycles. The molecule has 0 aromatic rings. The van der Waals surface area contributed by atoms with Crippen molar-refractivity contribution in [2.75, 3.05) is 0 Å². The molecule has 0 atom stereocenters. The van der Waals surface area contributed by atoms with Crippen LogP contribution in [-0.2, 0) is 9.59 Å². The first kappa shape index (κ1) is 17.0. The number of hydrogen-bond acceptors (Lipinski definition) is 2. The van der Waals surface area contributed by atoms with Gasteiger partial charge in [-0.15, -0.1) is 0 Å². The number of carbonyl (C=O) groups excluding carboxylic acids is 1. The van der Waals surface area contributed by atoms with E-state index in [4.69, 9.17) is 10.8 Å². The van der Waals surface area contributed by atoms with Crippen LogP contribution in [0.3, 0.4) is 0 Å². The molecule has 78 valence electrons. The summed E-state index contributed by atoms with van der Waals surface area (Å²) in [6, 6.07) is 0. The fraction of sp³-hybridized carbons (Fsp3) is 0.778. The zero-order valence-electron chi connectivity index (χ0n) is 9.79. The first-order chi connectivity index (χ1) is 6.13. The number of unbranched alkanes of at least 4 members (excludes halogenated alkanes) is 4. The minimum absolute atomic E-state index is 0. The first-order valence-corrected chi connectivity index (χ1v) is 4.63. The average Bonchev–Trinajstić information content (AvgIpc) is 2.01. The topological polar surface area (TPSA) is 80.4 Å². The second-order valence-corrected chi connectivity index (χ2v) is 3.13. The van der Waals surface area contributed by atoms with Gasteiger partial charge in [0.2, 0.25) is 5.91 Å². The van der Waals surface area contributed by atoms with Crippen LogP contribution in [0, 0.1) is 0 Å². The molecule has 0 fully saturated rings.